The summed E-state index contributed by atoms with van der Waals surface area (Å²) in [5, 5.41) is 10.8. The fourth-order valence-corrected chi connectivity index (χ4v) is 4.08. The zero-order valence-electron chi connectivity index (χ0n) is 13.0. The summed E-state index contributed by atoms with van der Waals surface area (Å²) in [6.45, 7) is 7.16. The van der Waals surface area contributed by atoms with Crippen molar-refractivity contribution in [3.05, 3.63) is 35.0 Å². The topological polar surface area (TPSA) is 34.6 Å². The molecule has 1 aromatic carbocycles. The first kappa shape index (κ1) is 14.0. The van der Waals surface area contributed by atoms with E-state index in [1.165, 1.54) is 16.4 Å². The molecular formula is C16H21N5S. The molecule has 2 aliphatic rings. The number of likely N-dealkylation sites (N-methyl/N-ethyl adjacent to an activating group) is 1. The van der Waals surface area contributed by atoms with Gasteiger partial charge in [0, 0.05) is 26.2 Å². The zero-order chi connectivity index (χ0) is 15.1. The Kier molecular flexibility index (Phi) is 3.52. The number of aryl methyl sites for hydroxylation is 1. The van der Waals surface area contributed by atoms with Gasteiger partial charge in [0.15, 0.2) is 0 Å². The standard InChI is InChI=1S/C16H21N5S/c1-12-18-14-11-17-13-5-3-4-6-15(13)21(16(14)22-12)20-9-7-19(2)8-10-20/h3-6,17H,7-11H2,1-2H3. The average Bonchev–Trinajstić information content (AvgIpc) is 2.82. The quantitative estimate of drug-likeness (QED) is 0.875. The number of anilines is 3. The highest BCUT2D eigenvalue weighted by molar-refractivity contribution is 7.15. The maximum atomic E-state index is 4.73. The third-order valence-corrected chi connectivity index (χ3v) is 5.31. The molecule has 2 aliphatic heterocycles. The van der Waals surface area contributed by atoms with Gasteiger partial charge >= 0.3 is 0 Å². The summed E-state index contributed by atoms with van der Waals surface area (Å²) in [6, 6.07) is 8.56. The lowest BCUT2D eigenvalue weighted by Crippen LogP contribution is -2.51. The maximum absolute atomic E-state index is 4.73. The molecule has 1 saturated heterocycles. The summed E-state index contributed by atoms with van der Waals surface area (Å²) in [7, 11) is 2.19. The molecule has 0 saturated carbocycles. The minimum atomic E-state index is 0.793. The van der Waals surface area contributed by atoms with Gasteiger partial charge in [0.25, 0.3) is 0 Å². The Labute approximate surface area is 135 Å². The molecule has 0 spiro atoms. The van der Waals surface area contributed by atoms with Crippen LogP contribution < -0.4 is 10.3 Å². The number of aromatic nitrogens is 1. The second-order valence-corrected chi connectivity index (χ2v) is 7.11. The van der Waals surface area contributed by atoms with E-state index in [1.54, 1.807) is 11.3 Å². The molecule has 3 heterocycles. The number of nitrogens with one attached hydrogen (secondary N) is 1. The number of fused-ring (bicyclic) bond motifs is 2. The zero-order valence-corrected chi connectivity index (χ0v) is 13.9. The van der Waals surface area contributed by atoms with Gasteiger partial charge in [-0.1, -0.05) is 23.5 Å². The molecule has 1 N–H and O–H groups in total. The number of hydrogen-bond acceptors (Lipinski definition) is 6. The van der Waals surface area contributed by atoms with Gasteiger partial charge in [0.1, 0.15) is 5.00 Å². The minimum absolute atomic E-state index is 0.793. The van der Waals surface area contributed by atoms with E-state index < -0.39 is 0 Å². The minimum Gasteiger partial charge on any atom is -0.378 e. The average molecular weight is 315 g/mol. The lowest BCUT2D eigenvalue weighted by molar-refractivity contribution is 0.155. The Morgan fingerprint density at radius 1 is 1.14 bits per heavy atom. The van der Waals surface area contributed by atoms with Gasteiger partial charge in [-0.2, -0.15) is 0 Å². The second kappa shape index (κ2) is 5.53. The third kappa shape index (κ3) is 2.37. The fourth-order valence-electron chi connectivity index (χ4n) is 3.11. The Balaban J connectivity index is 1.80. The number of piperazine rings is 1. The van der Waals surface area contributed by atoms with Crippen molar-refractivity contribution in [2.45, 2.75) is 13.5 Å². The summed E-state index contributed by atoms with van der Waals surface area (Å²) < 4.78 is 0. The lowest BCUT2D eigenvalue weighted by atomic mass is 10.2. The highest BCUT2D eigenvalue weighted by atomic mass is 32.1. The van der Waals surface area contributed by atoms with Crippen molar-refractivity contribution in [3.63, 3.8) is 0 Å². The third-order valence-electron chi connectivity index (χ3n) is 4.32. The molecule has 5 nitrogen and oxygen atoms in total. The van der Waals surface area contributed by atoms with Crippen LogP contribution in [0.15, 0.2) is 24.3 Å². The number of hydrazine groups is 1. The number of nitrogens with zero attached hydrogens (tertiary/aromatic N) is 4. The summed E-state index contributed by atoms with van der Waals surface area (Å²) >= 11 is 1.79. The van der Waals surface area contributed by atoms with Crippen LogP contribution in [0.2, 0.25) is 0 Å². The van der Waals surface area contributed by atoms with Crippen LogP contribution in [0.4, 0.5) is 16.4 Å². The first-order chi connectivity index (χ1) is 10.7. The lowest BCUT2D eigenvalue weighted by Gasteiger charge is -2.40. The molecule has 1 fully saturated rings. The summed E-state index contributed by atoms with van der Waals surface area (Å²) in [6.07, 6.45) is 0. The van der Waals surface area contributed by atoms with E-state index in [0.717, 1.165) is 43.4 Å². The van der Waals surface area contributed by atoms with Crippen molar-refractivity contribution < 1.29 is 0 Å². The van der Waals surface area contributed by atoms with Crippen molar-refractivity contribution in [1.82, 2.24) is 14.9 Å². The number of hydrogen-bond donors (Lipinski definition) is 1. The highest BCUT2D eigenvalue weighted by Crippen LogP contribution is 2.41. The van der Waals surface area contributed by atoms with E-state index in [9.17, 15) is 0 Å². The molecule has 0 bridgehead atoms. The Morgan fingerprint density at radius 3 is 2.73 bits per heavy atom. The molecule has 0 atom stereocenters. The van der Waals surface area contributed by atoms with Gasteiger partial charge in [0.2, 0.25) is 0 Å². The van der Waals surface area contributed by atoms with Crippen LogP contribution in [0.3, 0.4) is 0 Å². The molecular weight excluding hydrogens is 294 g/mol. The van der Waals surface area contributed by atoms with Crippen LogP contribution in [-0.4, -0.2) is 48.1 Å². The van der Waals surface area contributed by atoms with E-state index >= 15 is 0 Å². The summed E-state index contributed by atoms with van der Waals surface area (Å²) in [5.41, 5.74) is 3.57. The van der Waals surface area contributed by atoms with Gasteiger partial charge < -0.3 is 10.2 Å². The molecule has 116 valence electrons. The van der Waals surface area contributed by atoms with Crippen LogP contribution >= 0.6 is 11.3 Å². The normalized spacial score (nSPS) is 19.3. The molecule has 0 unspecified atom stereocenters. The molecule has 2 aromatic rings. The number of rotatable bonds is 1. The van der Waals surface area contributed by atoms with Crippen LogP contribution in [0.25, 0.3) is 0 Å². The SMILES string of the molecule is Cc1nc2c(s1)N(N1CCN(C)CC1)c1ccccc1NC2. The Bertz CT molecular complexity index is 675. The Morgan fingerprint density at radius 2 is 1.91 bits per heavy atom. The largest absolute Gasteiger partial charge is 0.378 e. The van der Waals surface area contributed by atoms with Crippen LogP contribution in [0.1, 0.15) is 10.7 Å². The van der Waals surface area contributed by atoms with E-state index in [-0.39, 0.29) is 0 Å². The summed E-state index contributed by atoms with van der Waals surface area (Å²) in [5.74, 6) is 0. The van der Waals surface area contributed by atoms with Crippen LogP contribution in [0.5, 0.6) is 0 Å². The molecule has 6 heteroatoms. The van der Waals surface area contributed by atoms with E-state index in [4.69, 9.17) is 4.98 Å². The van der Waals surface area contributed by atoms with Crippen LogP contribution in [0, 0.1) is 6.92 Å². The highest BCUT2D eigenvalue weighted by Gasteiger charge is 2.29. The van der Waals surface area contributed by atoms with Gasteiger partial charge in [0.05, 0.1) is 28.6 Å². The van der Waals surface area contributed by atoms with E-state index in [1.807, 2.05) is 0 Å². The monoisotopic (exact) mass is 315 g/mol. The smallest absolute Gasteiger partial charge is 0.136 e. The molecule has 4 rings (SSSR count). The molecule has 0 amide bonds. The molecule has 1 aromatic heterocycles. The predicted molar refractivity (Wildman–Crippen MR) is 91.8 cm³/mol. The van der Waals surface area contributed by atoms with E-state index in [2.05, 4.69) is 58.5 Å². The number of benzene rings is 1. The second-order valence-electron chi connectivity index (χ2n) is 5.92. The first-order valence-corrected chi connectivity index (χ1v) is 8.57. The van der Waals surface area contributed by atoms with E-state index in [0.29, 0.717) is 0 Å². The van der Waals surface area contributed by atoms with Crippen molar-refractivity contribution >= 4 is 27.7 Å². The van der Waals surface area contributed by atoms with Gasteiger partial charge in [-0.3, -0.25) is 5.01 Å². The molecule has 22 heavy (non-hydrogen) atoms. The van der Waals surface area contributed by atoms with Crippen molar-refractivity contribution in [1.29, 1.82) is 0 Å². The predicted octanol–water partition coefficient (Wildman–Crippen LogP) is 2.68. The van der Waals surface area contributed by atoms with Crippen molar-refractivity contribution in [3.8, 4) is 0 Å². The Hall–Kier alpha value is -1.63. The van der Waals surface area contributed by atoms with Crippen molar-refractivity contribution in [2.24, 2.45) is 0 Å². The van der Waals surface area contributed by atoms with Gasteiger partial charge in [-0.05, 0) is 26.1 Å². The molecule has 0 aliphatic carbocycles. The summed E-state index contributed by atoms with van der Waals surface area (Å²) in [4.78, 5) is 7.12. The first-order valence-electron chi connectivity index (χ1n) is 7.75. The molecule has 0 radical (unpaired) electrons. The number of para-hydroxylation sites is 2. The maximum Gasteiger partial charge on any atom is 0.136 e. The van der Waals surface area contributed by atoms with Gasteiger partial charge in [-0.15, -0.1) is 0 Å². The number of thiazole rings is 1. The van der Waals surface area contributed by atoms with Crippen molar-refractivity contribution in [2.75, 3.05) is 43.6 Å². The van der Waals surface area contributed by atoms with Gasteiger partial charge in [-0.25, -0.2) is 9.99 Å². The van der Waals surface area contributed by atoms with Crippen LogP contribution in [-0.2, 0) is 6.54 Å². The fraction of sp³-hybridized carbons (Fsp3) is 0.438.